The minimum absolute atomic E-state index is 0.180. The van der Waals surface area contributed by atoms with Crippen LogP contribution in [0, 0.1) is 0 Å². The molecule has 0 aromatic rings. The summed E-state index contributed by atoms with van der Waals surface area (Å²) in [7, 11) is 0. The molecule has 0 aliphatic rings. The average molecular weight is 228 g/mol. The van der Waals surface area contributed by atoms with Crippen molar-refractivity contribution >= 4 is 5.91 Å². The molecule has 90 valence electrons. The molecule has 0 saturated heterocycles. The zero-order valence-electron chi connectivity index (χ0n) is 8.65. The Morgan fingerprint density at radius 2 is 1.93 bits per heavy atom. The molecule has 0 spiro atoms. The van der Waals surface area contributed by atoms with Crippen molar-refractivity contribution < 1.29 is 22.7 Å². The minimum Gasteiger partial charge on any atom is -0.364 e. The number of hydrogen-bond acceptors (Lipinski definition) is 3. The topological polar surface area (TPSA) is 64.3 Å². The van der Waals surface area contributed by atoms with Gasteiger partial charge in [-0.1, -0.05) is 0 Å². The minimum atomic E-state index is -4.40. The van der Waals surface area contributed by atoms with Crippen molar-refractivity contribution in [2.75, 3.05) is 19.7 Å². The molecule has 0 aromatic heterocycles. The van der Waals surface area contributed by atoms with Crippen LogP contribution >= 0.6 is 0 Å². The van der Waals surface area contributed by atoms with Gasteiger partial charge in [0.05, 0.1) is 5.60 Å². The molecule has 0 rings (SSSR count). The van der Waals surface area contributed by atoms with Crippen LogP contribution in [0.15, 0.2) is 0 Å². The lowest BCUT2D eigenvalue weighted by Gasteiger charge is -2.22. The molecule has 7 heteroatoms. The van der Waals surface area contributed by atoms with Gasteiger partial charge in [-0.05, 0) is 13.8 Å². The molecule has 15 heavy (non-hydrogen) atoms. The van der Waals surface area contributed by atoms with Crippen LogP contribution in [0.3, 0.4) is 0 Å². The number of nitrogens with two attached hydrogens (primary N) is 1. The molecule has 0 fully saturated rings. The molecule has 0 aliphatic heterocycles. The Hall–Kier alpha value is -0.820. The first kappa shape index (κ1) is 14.2. The highest BCUT2D eigenvalue weighted by Gasteiger charge is 2.28. The second kappa shape index (κ2) is 5.32. The van der Waals surface area contributed by atoms with E-state index in [0.717, 1.165) is 0 Å². The summed E-state index contributed by atoms with van der Waals surface area (Å²) in [6.45, 7) is 1.69. The molecule has 0 aromatic carbocycles. The summed E-state index contributed by atoms with van der Waals surface area (Å²) < 4.78 is 40.0. The summed E-state index contributed by atoms with van der Waals surface area (Å²) >= 11 is 0. The lowest BCUT2D eigenvalue weighted by atomic mass is 10.1. The normalized spacial score (nSPS) is 12.7. The number of alkyl halides is 3. The highest BCUT2D eigenvalue weighted by Crippen LogP contribution is 2.12. The summed E-state index contributed by atoms with van der Waals surface area (Å²) in [4.78, 5) is 10.9. The molecule has 0 bridgehead atoms. The Morgan fingerprint density at radius 3 is 2.33 bits per heavy atom. The van der Waals surface area contributed by atoms with Crippen molar-refractivity contribution in [3.05, 3.63) is 0 Å². The molecule has 1 amide bonds. The van der Waals surface area contributed by atoms with Gasteiger partial charge in [-0.15, -0.1) is 0 Å². The van der Waals surface area contributed by atoms with Crippen molar-refractivity contribution in [1.29, 1.82) is 0 Å². The van der Waals surface area contributed by atoms with Crippen LogP contribution in [0.2, 0.25) is 0 Å². The molecule has 3 N–H and O–H groups in total. The third kappa shape index (κ3) is 8.19. The summed E-state index contributed by atoms with van der Waals surface area (Å²) in [6, 6.07) is 0. The first-order valence-corrected chi connectivity index (χ1v) is 4.34. The van der Waals surface area contributed by atoms with E-state index in [0.29, 0.717) is 0 Å². The van der Waals surface area contributed by atoms with E-state index in [-0.39, 0.29) is 6.54 Å². The van der Waals surface area contributed by atoms with Crippen LogP contribution in [-0.4, -0.2) is 37.4 Å². The van der Waals surface area contributed by atoms with Gasteiger partial charge >= 0.3 is 6.18 Å². The van der Waals surface area contributed by atoms with Gasteiger partial charge in [-0.3, -0.25) is 4.79 Å². The van der Waals surface area contributed by atoms with E-state index in [1.807, 2.05) is 0 Å². The number of amides is 1. The van der Waals surface area contributed by atoms with E-state index >= 15 is 0 Å². The largest absolute Gasteiger partial charge is 0.405 e. The molecule has 0 heterocycles. The smallest absolute Gasteiger partial charge is 0.364 e. The lowest BCUT2D eigenvalue weighted by molar-refractivity contribution is -0.144. The van der Waals surface area contributed by atoms with Crippen LogP contribution in [0.5, 0.6) is 0 Å². The Morgan fingerprint density at radius 1 is 1.40 bits per heavy atom. The number of hydrogen-bond donors (Lipinski definition) is 2. The van der Waals surface area contributed by atoms with Crippen LogP contribution in [-0.2, 0) is 9.53 Å². The first-order chi connectivity index (χ1) is 6.66. The van der Waals surface area contributed by atoms with Gasteiger partial charge in [-0.2, -0.15) is 13.2 Å². The van der Waals surface area contributed by atoms with Gasteiger partial charge in [0.2, 0.25) is 5.91 Å². The third-order valence-corrected chi connectivity index (χ3v) is 1.57. The number of carbonyl (C=O) groups is 1. The van der Waals surface area contributed by atoms with Crippen LogP contribution in [0.4, 0.5) is 13.2 Å². The van der Waals surface area contributed by atoms with E-state index in [1.54, 1.807) is 19.2 Å². The maximum atomic E-state index is 11.7. The monoisotopic (exact) mass is 228 g/mol. The first-order valence-electron chi connectivity index (χ1n) is 4.34. The van der Waals surface area contributed by atoms with E-state index in [9.17, 15) is 18.0 Å². The predicted molar refractivity (Wildman–Crippen MR) is 48.2 cm³/mol. The standard InChI is InChI=1S/C8H15F3N2O2/c1-7(2,4-12)15-3-6(14)13-5-8(9,10)11/h3-5,12H2,1-2H3,(H,13,14). The maximum absolute atomic E-state index is 11.7. The SMILES string of the molecule is CC(C)(CN)OCC(=O)NCC(F)(F)F. The van der Waals surface area contributed by atoms with Crippen LogP contribution in [0.1, 0.15) is 13.8 Å². The van der Waals surface area contributed by atoms with Crippen LogP contribution in [0.25, 0.3) is 0 Å². The van der Waals surface area contributed by atoms with E-state index in [4.69, 9.17) is 10.5 Å². The number of ether oxygens (including phenoxy) is 1. The Labute approximate surface area is 86.0 Å². The molecule has 0 atom stereocenters. The van der Waals surface area contributed by atoms with Gasteiger partial charge in [0.25, 0.3) is 0 Å². The Kier molecular flexibility index (Phi) is 5.02. The zero-order valence-corrected chi connectivity index (χ0v) is 8.65. The molecule has 4 nitrogen and oxygen atoms in total. The third-order valence-electron chi connectivity index (χ3n) is 1.57. The molecular formula is C8H15F3N2O2. The Balaban J connectivity index is 3.77. The van der Waals surface area contributed by atoms with Gasteiger partial charge in [0, 0.05) is 6.54 Å². The second-order valence-corrected chi connectivity index (χ2v) is 3.64. The average Bonchev–Trinajstić information content (AvgIpc) is 2.10. The van der Waals surface area contributed by atoms with Crippen molar-refractivity contribution in [1.82, 2.24) is 5.32 Å². The summed E-state index contributed by atoms with van der Waals surface area (Å²) in [6.07, 6.45) is -4.40. The maximum Gasteiger partial charge on any atom is 0.405 e. The van der Waals surface area contributed by atoms with Crippen LogP contribution < -0.4 is 11.1 Å². The van der Waals surface area contributed by atoms with Crippen molar-refractivity contribution in [2.45, 2.75) is 25.6 Å². The second-order valence-electron chi connectivity index (χ2n) is 3.64. The van der Waals surface area contributed by atoms with E-state index < -0.39 is 30.8 Å². The molecule has 0 saturated carbocycles. The lowest BCUT2D eigenvalue weighted by Crippen LogP contribution is -2.40. The zero-order chi connectivity index (χ0) is 12.1. The quantitative estimate of drug-likeness (QED) is 0.716. The van der Waals surface area contributed by atoms with Gasteiger partial charge < -0.3 is 15.8 Å². The molecular weight excluding hydrogens is 213 g/mol. The summed E-state index contributed by atoms with van der Waals surface area (Å²) in [5.74, 6) is -0.811. The van der Waals surface area contributed by atoms with Crippen molar-refractivity contribution in [3.63, 3.8) is 0 Å². The highest BCUT2D eigenvalue weighted by molar-refractivity contribution is 5.77. The van der Waals surface area contributed by atoms with Crippen molar-refractivity contribution in [3.8, 4) is 0 Å². The molecule has 0 unspecified atom stereocenters. The van der Waals surface area contributed by atoms with Gasteiger partial charge in [0.15, 0.2) is 0 Å². The van der Waals surface area contributed by atoms with E-state index in [2.05, 4.69) is 0 Å². The fourth-order valence-electron chi connectivity index (χ4n) is 0.570. The molecule has 0 aliphatic carbocycles. The Bertz CT molecular complexity index is 216. The van der Waals surface area contributed by atoms with Gasteiger partial charge in [-0.25, -0.2) is 0 Å². The highest BCUT2D eigenvalue weighted by atomic mass is 19.4. The number of rotatable bonds is 5. The summed E-state index contributed by atoms with van der Waals surface area (Å²) in [5.41, 5.74) is 4.59. The number of carbonyl (C=O) groups excluding carboxylic acids is 1. The molecule has 0 radical (unpaired) electrons. The predicted octanol–water partition coefficient (Wildman–Crippen LogP) is 0.419. The van der Waals surface area contributed by atoms with Gasteiger partial charge in [0.1, 0.15) is 13.2 Å². The van der Waals surface area contributed by atoms with E-state index in [1.165, 1.54) is 0 Å². The summed E-state index contributed by atoms with van der Waals surface area (Å²) in [5, 5.41) is 1.69. The fourth-order valence-corrected chi connectivity index (χ4v) is 0.570. The number of halogens is 3. The fraction of sp³-hybridized carbons (Fsp3) is 0.875. The van der Waals surface area contributed by atoms with Crippen molar-refractivity contribution in [2.24, 2.45) is 5.73 Å². The number of nitrogens with one attached hydrogen (secondary N) is 1.